The Bertz CT molecular complexity index is 360. The number of unbranched alkanes of at least 4 members (excludes halogenated alkanes) is 2. The smallest absolute Gasteiger partial charge is 0.463 e. The number of ether oxygens (including phenoxy) is 2. The van der Waals surface area contributed by atoms with E-state index in [4.69, 9.17) is 22.8 Å². The van der Waals surface area contributed by atoms with E-state index in [-0.39, 0.29) is 0 Å². The zero-order chi connectivity index (χ0) is 19.6. The van der Waals surface area contributed by atoms with Crippen LogP contribution in [0.1, 0.15) is 39.5 Å². The molecular formula is C17H32O7Si. The van der Waals surface area contributed by atoms with Crippen LogP contribution in [0, 0.1) is 0 Å². The van der Waals surface area contributed by atoms with Crippen molar-refractivity contribution >= 4 is 20.7 Å². The Morgan fingerprint density at radius 1 is 0.840 bits per heavy atom. The summed E-state index contributed by atoms with van der Waals surface area (Å²) in [6.45, 7) is 8.34. The summed E-state index contributed by atoms with van der Waals surface area (Å²) < 4.78 is 24.5. The molecule has 0 saturated heterocycles. The normalized spacial score (nSPS) is 10.8. The topological polar surface area (TPSA) is 80.3 Å². The number of carbonyl (C=O) groups is 2. The van der Waals surface area contributed by atoms with Crippen LogP contribution in [0.3, 0.4) is 0 Å². The zero-order valence-corrected chi connectivity index (χ0v) is 17.0. The molecule has 0 saturated carbocycles. The van der Waals surface area contributed by atoms with Crippen LogP contribution >= 0.6 is 0 Å². The second-order valence-corrected chi connectivity index (χ2v) is 7.64. The zero-order valence-electron chi connectivity index (χ0n) is 16.0. The highest BCUT2D eigenvalue weighted by Gasteiger charge is 2.33. The van der Waals surface area contributed by atoms with Gasteiger partial charge in [0.2, 0.25) is 0 Å². The van der Waals surface area contributed by atoms with Gasteiger partial charge in [-0.2, -0.15) is 0 Å². The van der Waals surface area contributed by atoms with E-state index in [0.29, 0.717) is 13.2 Å². The largest absolute Gasteiger partial charge is 0.528 e. The van der Waals surface area contributed by atoms with Gasteiger partial charge >= 0.3 is 20.7 Å². The molecule has 0 fully saturated rings. The molecule has 0 aromatic heterocycles. The maximum atomic E-state index is 11.0. The Hall–Kier alpha value is -1.48. The summed E-state index contributed by atoms with van der Waals surface area (Å²) in [5, 5.41) is 0. The first-order valence-electron chi connectivity index (χ1n) is 8.25. The summed E-state index contributed by atoms with van der Waals surface area (Å²) in [7, 11) is 2.20. The van der Waals surface area contributed by atoms with Crippen LogP contribution in [0.5, 0.6) is 0 Å². The predicted octanol–water partition coefficient (Wildman–Crippen LogP) is 2.82. The van der Waals surface area contributed by atoms with Crippen LogP contribution in [-0.2, 0) is 32.3 Å². The quantitative estimate of drug-likeness (QED) is 0.224. The molecule has 0 unspecified atom stereocenters. The Kier molecular flexibility index (Phi) is 17.9. The average molecular weight is 377 g/mol. The van der Waals surface area contributed by atoms with Crippen LogP contribution < -0.4 is 0 Å². The lowest BCUT2D eigenvalue weighted by Gasteiger charge is -2.19. The molecule has 0 spiro atoms. The van der Waals surface area contributed by atoms with E-state index in [9.17, 15) is 9.59 Å². The second kappa shape index (κ2) is 17.3. The molecule has 0 aliphatic rings. The summed E-state index contributed by atoms with van der Waals surface area (Å²) >= 11 is 0. The highest BCUT2D eigenvalue weighted by Crippen LogP contribution is 2.05. The minimum atomic E-state index is -2.43. The van der Waals surface area contributed by atoms with Gasteiger partial charge in [0.05, 0.1) is 13.2 Å². The van der Waals surface area contributed by atoms with Gasteiger partial charge < -0.3 is 22.8 Å². The van der Waals surface area contributed by atoms with Crippen molar-refractivity contribution in [1.29, 1.82) is 0 Å². The fourth-order valence-electron chi connectivity index (χ4n) is 1.37. The van der Waals surface area contributed by atoms with Crippen molar-refractivity contribution < 1.29 is 32.3 Å². The lowest BCUT2D eigenvalue weighted by Crippen LogP contribution is -2.40. The first kappa shape index (κ1) is 25.8. The third-order valence-electron chi connectivity index (χ3n) is 2.94. The van der Waals surface area contributed by atoms with Crippen molar-refractivity contribution in [2.45, 2.75) is 39.5 Å². The lowest BCUT2D eigenvalue weighted by atomic mass is 10.4. The van der Waals surface area contributed by atoms with Crippen LogP contribution in [0.4, 0.5) is 0 Å². The molecule has 0 aromatic carbocycles. The highest BCUT2D eigenvalue weighted by atomic mass is 28.4. The Morgan fingerprint density at radius 2 is 1.20 bits per heavy atom. The lowest BCUT2D eigenvalue weighted by molar-refractivity contribution is -0.140. The van der Waals surface area contributed by atoms with Crippen LogP contribution in [-0.4, -0.2) is 55.3 Å². The number of rotatable bonds is 12. The van der Waals surface area contributed by atoms with E-state index < -0.39 is 20.7 Å². The van der Waals surface area contributed by atoms with Gasteiger partial charge in [0, 0.05) is 33.5 Å². The molecule has 25 heavy (non-hydrogen) atoms. The number of esters is 2. The predicted molar refractivity (Wildman–Crippen MR) is 97.9 cm³/mol. The van der Waals surface area contributed by atoms with Gasteiger partial charge in [-0.1, -0.05) is 33.3 Å². The Morgan fingerprint density at radius 3 is 1.40 bits per heavy atom. The first-order valence-corrected chi connectivity index (χ1v) is 10.1. The molecule has 7 nitrogen and oxygen atoms in total. The van der Waals surface area contributed by atoms with E-state index in [2.05, 4.69) is 6.58 Å². The second-order valence-electron chi connectivity index (χ2n) is 4.80. The molecule has 0 atom stereocenters. The summed E-state index contributed by atoms with van der Waals surface area (Å²) in [6, 6.07) is 0. The summed E-state index contributed by atoms with van der Waals surface area (Å²) in [5.41, 5.74) is 1.58. The molecule has 0 radical (unpaired) electrons. The molecule has 0 aromatic rings. The van der Waals surface area contributed by atoms with E-state index in [1.54, 1.807) is 27.0 Å². The van der Waals surface area contributed by atoms with Gasteiger partial charge in [0.15, 0.2) is 0 Å². The van der Waals surface area contributed by atoms with Gasteiger partial charge in [0.25, 0.3) is 0 Å². The molecule has 0 aliphatic carbocycles. The number of hydrogen-bond acceptors (Lipinski definition) is 7. The van der Waals surface area contributed by atoms with Gasteiger partial charge in [0.1, 0.15) is 0 Å². The Labute approximate surface area is 152 Å². The van der Waals surface area contributed by atoms with Crippen LogP contribution in [0.2, 0.25) is 0 Å². The SMILES string of the molecule is C=C[Si](OC)(OC)OC.CCCCOC(=O)/C=C/C(=O)OCCCC. The van der Waals surface area contributed by atoms with E-state index in [1.807, 2.05) is 13.8 Å². The van der Waals surface area contributed by atoms with Gasteiger partial charge in [-0.15, -0.1) is 0 Å². The van der Waals surface area contributed by atoms with E-state index in [1.165, 1.54) is 0 Å². The van der Waals surface area contributed by atoms with Crippen LogP contribution in [0.25, 0.3) is 0 Å². The third-order valence-corrected chi connectivity index (χ3v) is 5.15. The molecular weight excluding hydrogens is 344 g/mol. The van der Waals surface area contributed by atoms with Crippen molar-refractivity contribution in [3.63, 3.8) is 0 Å². The molecule has 146 valence electrons. The average Bonchev–Trinajstić information content (AvgIpc) is 2.63. The molecule has 8 heteroatoms. The molecule has 0 heterocycles. The molecule has 0 aliphatic heterocycles. The molecule has 0 bridgehead atoms. The van der Waals surface area contributed by atoms with Crippen molar-refractivity contribution in [1.82, 2.24) is 0 Å². The minimum absolute atomic E-state index is 0.393. The monoisotopic (exact) mass is 376 g/mol. The molecule has 0 N–H and O–H groups in total. The first-order chi connectivity index (χ1) is 11.9. The maximum absolute atomic E-state index is 11.0. The van der Waals surface area contributed by atoms with Crippen molar-refractivity contribution in [3.05, 3.63) is 24.4 Å². The van der Waals surface area contributed by atoms with E-state index in [0.717, 1.165) is 37.8 Å². The summed E-state index contributed by atoms with van der Waals surface area (Å²) in [6.07, 6.45) is 5.81. The highest BCUT2D eigenvalue weighted by molar-refractivity contribution is 6.66. The fourth-order valence-corrected chi connectivity index (χ4v) is 2.37. The van der Waals surface area contributed by atoms with Crippen LogP contribution in [0.15, 0.2) is 24.4 Å². The van der Waals surface area contributed by atoms with Crippen molar-refractivity contribution in [2.24, 2.45) is 0 Å². The molecule has 0 amide bonds. The molecule has 0 rings (SSSR count). The van der Waals surface area contributed by atoms with Gasteiger partial charge in [-0.3, -0.25) is 0 Å². The number of hydrogen-bond donors (Lipinski definition) is 0. The minimum Gasteiger partial charge on any atom is -0.463 e. The summed E-state index contributed by atoms with van der Waals surface area (Å²) in [5.74, 6) is -0.998. The third kappa shape index (κ3) is 14.6. The fraction of sp³-hybridized carbons (Fsp3) is 0.647. The standard InChI is InChI=1S/C12H20O4.C5H12O3Si/c1-3-5-9-15-11(13)7-8-12(14)16-10-6-4-2;1-5-9(6-2,7-3)8-4/h7-8H,3-6,9-10H2,1-2H3;5H,1H2,2-4H3/b8-7+;. The summed E-state index contributed by atoms with van der Waals surface area (Å²) in [4.78, 5) is 22.1. The van der Waals surface area contributed by atoms with Gasteiger partial charge in [-0.25, -0.2) is 9.59 Å². The number of carbonyl (C=O) groups excluding carboxylic acids is 2. The van der Waals surface area contributed by atoms with Gasteiger partial charge in [-0.05, 0) is 18.5 Å². The van der Waals surface area contributed by atoms with E-state index >= 15 is 0 Å². The Balaban J connectivity index is 0. The van der Waals surface area contributed by atoms with Crippen molar-refractivity contribution in [3.8, 4) is 0 Å². The maximum Gasteiger partial charge on any atom is 0.528 e. The van der Waals surface area contributed by atoms with Crippen molar-refractivity contribution in [2.75, 3.05) is 34.5 Å².